The molecule has 0 aromatic heterocycles. The van der Waals surface area contributed by atoms with Crippen molar-refractivity contribution in [2.75, 3.05) is 6.61 Å². The van der Waals surface area contributed by atoms with E-state index in [1.54, 1.807) is 12.1 Å². The van der Waals surface area contributed by atoms with Crippen molar-refractivity contribution in [2.45, 2.75) is 18.9 Å². The third-order valence-corrected chi connectivity index (χ3v) is 3.07. The predicted octanol–water partition coefficient (Wildman–Crippen LogP) is 4.04. The van der Waals surface area contributed by atoms with Gasteiger partial charge in [-0.1, -0.05) is 42.5 Å². The highest BCUT2D eigenvalue weighted by Crippen LogP contribution is 2.19. The van der Waals surface area contributed by atoms with Gasteiger partial charge >= 0.3 is 0 Å². The van der Waals surface area contributed by atoms with Crippen molar-refractivity contribution >= 4 is 0 Å². The number of hydrogen-bond donors (Lipinski definition) is 0. The lowest BCUT2D eigenvalue weighted by Crippen LogP contribution is -2.03. The zero-order valence-electron chi connectivity index (χ0n) is 11.1. The minimum absolute atomic E-state index is 0.312. The summed E-state index contributed by atoms with van der Waals surface area (Å²) in [4.78, 5) is 0. The van der Waals surface area contributed by atoms with Gasteiger partial charge in [-0.3, -0.25) is 0 Å². The van der Waals surface area contributed by atoms with E-state index in [-0.39, 0.29) is 11.7 Å². The largest absolute Gasteiger partial charge is 0.377 e. The van der Waals surface area contributed by atoms with Crippen LogP contribution in [0.5, 0.6) is 0 Å². The standard InChI is InChI=1S/C17H16FNO/c18-17-8-4-7-15(11-17)16(12-19)9-10-20-13-14-5-2-1-3-6-14/h1-8,11,16H,9-10,13H2. The Balaban J connectivity index is 1.82. The Labute approximate surface area is 118 Å². The highest BCUT2D eigenvalue weighted by atomic mass is 19.1. The summed E-state index contributed by atoms with van der Waals surface area (Å²) in [5.74, 6) is -0.644. The predicted molar refractivity (Wildman–Crippen MR) is 75.5 cm³/mol. The van der Waals surface area contributed by atoms with Crippen LogP contribution in [0.3, 0.4) is 0 Å². The monoisotopic (exact) mass is 269 g/mol. The summed E-state index contributed by atoms with van der Waals surface area (Å²) in [7, 11) is 0. The Kier molecular flexibility index (Phi) is 5.28. The second-order valence-electron chi connectivity index (χ2n) is 4.56. The Morgan fingerprint density at radius 3 is 2.60 bits per heavy atom. The molecule has 3 heteroatoms. The summed E-state index contributed by atoms with van der Waals surface area (Å²) in [5, 5.41) is 9.16. The minimum Gasteiger partial charge on any atom is -0.377 e. The first-order valence-electron chi connectivity index (χ1n) is 6.56. The summed E-state index contributed by atoms with van der Waals surface area (Å²) in [6, 6.07) is 18.3. The number of nitrogens with zero attached hydrogens (tertiary/aromatic N) is 1. The van der Waals surface area contributed by atoms with Gasteiger partial charge in [-0.05, 0) is 29.7 Å². The highest BCUT2D eigenvalue weighted by Gasteiger charge is 2.11. The molecule has 2 aromatic rings. The normalized spacial score (nSPS) is 11.8. The van der Waals surface area contributed by atoms with Crippen molar-refractivity contribution in [1.29, 1.82) is 5.26 Å². The van der Waals surface area contributed by atoms with Gasteiger partial charge in [0, 0.05) is 6.61 Å². The fraction of sp³-hybridized carbons (Fsp3) is 0.235. The molecule has 0 aliphatic rings. The van der Waals surface area contributed by atoms with Gasteiger partial charge in [0.2, 0.25) is 0 Å². The van der Waals surface area contributed by atoms with Crippen molar-refractivity contribution in [1.82, 2.24) is 0 Å². The van der Waals surface area contributed by atoms with E-state index in [9.17, 15) is 4.39 Å². The van der Waals surface area contributed by atoms with Gasteiger partial charge in [-0.15, -0.1) is 0 Å². The summed E-state index contributed by atoms with van der Waals surface area (Å²) in [6.07, 6.45) is 0.562. The summed E-state index contributed by atoms with van der Waals surface area (Å²) >= 11 is 0. The molecule has 2 nitrogen and oxygen atoms in total. The number of nitriles is 1. The van der Waals surface area contributed by atoms with E-state index in [0.29, 0.717) is 25.2 Å². The first-order chi connectivity index (χ1) is 9.79. The molecular weight excluding hydrogens is 253 g/mol. The molecule has 0 N–H and O–H groups in total. The molecule has 0 bridgehead atoms. The Hall–Kier alpha value is -2.18. The van der Waals surface area contributed by atoms with Gasteiger partial charge in [0.25, 0.3) is 0 Å². The van der Waals surface area contributed by atoms with E-state index >= 15 is 0 Å². The van der Waals surface area contributed by atoms with E-state index in [0.717, 1.165) is 5.56 Å². The fourth-order valence-corrected chi connectivity index (χ4v) is 1.99. The van der Waals surface area contributed by atoms with Crippen LogP contribution in [0.25, 0.3) is 0 Å². The average molecular weight is 269 g/mol. The van der Waals surface area contributed by atoms with Crippen LogP contribution in [-0.2, 0) is 11.3 Å². The fourth-order valence-electron chi connectivity index (χ4n) is 1.99. The third kappa shape index (κ3) is 4.18. The van der Waals surface area contributed by atoms with Crippen LogP contribution in [0, 0.1) is 17.1 Å². The molecule has 0 fully saturated rings. The maximum atomic E-state index is 13.1. The molecule has 0 aliphatic heterocycles. The molecule has 2 aromatic carbocycles. The number of ether oxygens (including phenoxy) is 1. The number of halogens is 1. The van der Waals surface area contributed by atoms with Gasteiger partial charge in [-0.25, -0.2) is 4.39 Å². The maximum Gasteiger partial charge on any atom is 0.123 e. The molecule has 0 amide bonds. The van der Waals surface area contributed by atoms with Crippen molar-refractivity contribution in [2.24, 2.45) is 0 Å². The van der Waals surface area contributed by atoms with E-state index in [1.807, 2.05) is 30.3 Å². The van der Waals surface area contributed by atoms with E-state index in [1.165, 1.54) is 12.1 Å². The lowest BCUT2D eigenvalue weighted by Gasteiger charge is -2.10. The smallest absolute Gasteiger partial charge is 0.123 e. The van der Waals surface area contributed by atoms with Crippen LogP contribution >= 0.6 is 0 Å². The number of rotatable bonds is 6. The Bertz CT molecular complexity index is 577. The van der Waals surface area contributed by atoms with E-state index in [2.05, 4.69) is 6.07 Å². The van der Waals surface area contributed by atoms with Crippen molar-refractivity contribution in [3.05, 3.63) is 71.5 Å². The van der Waals surface area contributed by atoms with Gasteiger partial charge in [-0.2, -0.15) is 5.26 Å². The summed E-state index contributed by atoms with van der Waals surface area (Å²) in [5.41, 5.74) is 1.81. The third-order valence-electron chi connectivity index (χ3n) is 3.07. The van der Waals surface area contributed by atoms with E-state index in [4.69, 9.17) is 10.00 Å². The Morgan fingerprint density at radius 2 is 1.90 bits per heavy atom. The summed E-state index contributed by atoms with van der Waals surface area (Å²) < 4.78 is 18.7. The average Bonchev–Trinajstić information content (AvgIpc) is 2.48. The molecule has 0 saturated heterocycles. The maximum absolute atomic E-state index is 13.1. The molecule has 1 atom stereocenters. The molecular formula is C17H16FNO. The quantitative estimate of drug-likeness (QED) is 0.741. The van der Waals surface area contributed by atoms with Crippen LogP contribution in [0.4, 0.5) is 4.39 Å². The van der Waals surface area contributed by atoms with Crippen molar-refractivity contribution in [3.8, 4) is 6.07 Å². The lowest BCUT2D eigenvalue weighted by atomic mass is 9.98. The zero-order chi connectivity index (χ0) is 14.2. The molecule has 0 heterocycles. The molecule has 2 rings (SSSR count). The Morgan fingerprint density at radius 1 is 1.10 bits per heavy atom. The topological polar surface area (TPSA) is 33.0 Å². The van der Waals surface area contributed by atoms with Gasteiger partial charge < -0.3 is 4.74 Å². The van der Waals surface area contributed by atoms with Crippen molar-refractivity contribution < 1.29 is 9.13 Å². The van der Waals surface area contributed by atoms with Crippen LogP contribution < -0.4 is 0 Å². The van der Waals surface area contributed by atoms with Gasteiger partial charge in [0.05, 0.1) is 18.6 Å². The summed E-state index contributed by atoms with van der Waals surface area (Å²) in [6.45, 7) is 1.01. The molecule has 20 heavy (non-hydrogen) atoms. The van der Waals surface area contributed by atoms with Crippen molar-refractivity contribution in [3.63, 3.8) is 0 Å². The molecule has 1 unspecified atom stereocenters. The van der Waals surface area contributed by atoms with Crippen LogP contribution in [0.1, 0.15) is 23.5 Å². The molecule has 0 saturated carbocycles. The number of hydrogen-bond acceptors (Lipinski definition) is 2. The molecule has 102 valence electrons. The van der Waals surface area contributed by atoms with E-state index < -0.39 is 0 Å². The molecule has 0 radical (unpaired) electrons. The molecule has 0 spiro atoms. The first kappa shape index (κ1) is 14.2. The minimum atomic E-state index is -0.332. The van der Waals surface area contributed by atoms with Crippen LogP contribution in [-0.4, -0.2) is 6.61 Å². The highest BCUT2D eigenvalue weighted by molar-refractivity contribution is 5.25. The second kappa shape index (κ2) is 7.42. The second-order valence-corrected chi connectivity index (χ2v) is 4.56. The van der Waals surface area contributed by atoms with Gasteiger partial charge in [0.15, 0.2) is 0 Å². The number of benzene rings is 2. The molecule has 0 aliphatic carbocycles. The zero-order valence-corrected chi connectivity index (χ0v) is 11.1. The SMILES string of the molecule is N#CC(CCOCc1ccccc1)c1cccc(F)c1. The van der Waals surface area contributed by atoms with Crippen LogP contribution in [0.15, 0.2) is 54.6 Å². The van der Waals surface area contributed by atoms with Crippen LogP contribution in [0.2, 0.25) is 0 Å². The first-order valence-corrected chi connectivity index (χ1v) is 6.56. The lowest BCUT2D eigenvalue weighted by molar-refractivity contribution is 0.116. The van der Waals surface area contributed by atoms with Gasteiger partial charge in [0.1, 0.15) is 5.82 Å².